The van der Waals surface area contributed by atoms with Gasteiger partial charge in [0, 0.05) is 37.4 Å². The van der Waals surface area contributed by atoms with E-state index in [2.05, 4.69) is 10.2 Å². The summed E-state index contributed by atoms with van der Waals surface area (Å²) in [6.45, 7) is 4.16. The first-order valence-electron chi connectivity index (χ1n) is 7.47. The second kappa shape index (κ2) is 5.88. The lowest BCUT2D eigenvalue weighted by atomic mass is 10.0. The first kappa shape index (κ1) is 12.9. The van der Waals surface area contributed by atoms with Crippen LogP contribution < -0.4 is 10.9 Å². The molecule has 0 spiro atoms. The normalized spacial score (nSPS) is 28.0. The Bertz CT molecular complexity index is 464. The molecule has 1 N–H and O–H groups in total. The van der Waals surface area contributed by atoms with Crippen LogP contribution in [0.2, 0.25) is 0 Å². The predicted octanol–water partition coefficient (Wildman–Crippen LogP) is 1.06. The molecule has 2 aliphatic heterocycles. The highest BCUT2D eigenvalue weighted by molar-refractivity contribution is 4.95. The number of hydrogen-bond donors (Lipinski definition) is 1. The Morgan fingerprint density at radius 2 is 2.16 bits per heavy atom. The molecule has 0 amide bonds. The van der Waals surface area contributed by atoms with E-state index in [0.717, 1.165) is 13.1 Å². The molecule has 2 aliphatic rings. The molecule has 4 nitrogen and oxygen atoms in total. The van der Waals surface area contributed by atoms with Crippen LogP contribution in [0.5, 0.6) is 0 Å². The Labute approximate surface area is 114 Å². The van der Waals surface area contributed by atoms with E-state index in [1.807, 2.05) is 16.8 Å². The van der Waals surface area contributed by atoms with E-state index in [-0.39, 0.29) is 5.56 Å². The number of rotatable bonds is 4. The highest BCUT2D eigenvalue weighted by Gasteiger charge is 2.32. The maximum atomic E-state index is 11.7. The van der Waals surface area contributed by atoms with E-state index in [1.165, 1.54) is 38.8 Å². The quantitative estimate of drug-likeness (QED) is 0.881. The van der Waals surface area contributed by atoms with Crippen molar-refractivity contribution in [2.75, 3.05) is 19.6 Å². The van der Waals surface area contributed by atoms with Crippen LogP contribution in [0.25, 0.3) is 0 Å². The summed E-state index contributed by atoms with van der Waals surface area (Å²) in [6.07, 6.45) is 7.12. The summed E-state index contributed by atoms with van der Waals surface area (Å²) in [4.78, 5) is 14.3. The standard InChI is InChI=1S/C15H23N3O/c19-15-7-1-2-9-18(15)12-11-17-10-4-6-14(17)13-5-3-8-16-13/h1-2,7,9,13-14,16H,3-6,8,10-12H2. The molecule has 2 atom stereocenters. The van der Waals surface area contributed by atoms with E-state index < -0.39 is 0 Å². The molecule has 4 heteroatoms. The van der Waals surface area contributed by atoms with Crippen molar-refractivity contribution in [2.45, 2.75) is 44.3 Å². The number of pyridine rings is 1. The number of hydrogen-bond acceptors (Lipinski definition) is 3. The molecule has 0 radical (unpaired) electrons. The monoisotopic (exact) mass is 261 g/mol. The molecule has 2 fully saturated rings. The molecule has 0 bridgehead atoms. The zero-order chi connectivity index (χ0) is 13.1. The molecule has 3 rings (SSSR count). The molecular formula is C15H23N3O. The summed E-state index contributed by atoms with van der Waals surface area (Å²) in [5, 5.41) is 3.63. The lowest BCUT2D eigenvalue weighted by Crippen LogP contribution is -2.45. The lowest BCUT2D eigenvalue weighted by molar-refractivity contribution is 0.206. The smallest absolute Gasteiger partial charge is 0.250 e. The summed E-state index contributed by atoms with van der Waals surface area (Å²) >= 11 is 0. The van der Waals surface area contributed by atoms with Gasteiger partial charge in [0.05, 0.1) is 0 Å². The van der Waals surface area contributed by atoms with Crippen LogP contribution in [0.15, 0.2) is 29.2 Å². The second-order valence-electron chi connectivity index (χ2n) is 5.68. The molecule has 2 unspecified atom stereocenters. The van der Waals surface area contributed by atoms with E-state index in [1.54, 1.807) is 12.1 Å². The van der Waals surface area contributed by atoms with Crippen molar-refractivity contribution >= 4 is 0 Å². The van der Waals surface area contributed by atoms with Gasteiger partial charge in [-0.2, -0.15) is 0 Å². The third-order valence-corrected chi connectivity index (χ3v) is 4.50. The SMILES string of the molecule is O=c1ccccn1CCN1CCCC1C1CCCN1. The minimum Gasteiger partial charge on any atom is -0.314 e. The van der Waals surface area contributed by atoms with Crippen molar-refractivity contribution in [2.24, 2.45) is 0 Å². The second-order valence-corrected chi connectivity index (χ2v) is 5.68. The molecule has 1 aromatic heterocycles. The summed E-state index contributed by atoms with van der Waals surface area (Å²) in [6, 6.07) is 6.73. The Morgan fingerprint density at radius 1 is 1.21 bits per heavy atom. The van der Waals surface area contributed by atoms with Gasteiger partial charge in [0.25, 0.3) is 5.56 Å². The number of aromatic nitrogens is 1. The number of nitrogens with one attached hydrogen (secondary N) is 1. The molecule has 1 aromatic rings. The Morgan fingerprint density at radius 3 is 2.95 bits per heavy atom. The van der Waals surface area contributed by atoms with Gasteiger partial charge in [0.2, 0.25) is 0 Å². The summed E-state index contributed by atoms with van der Waals surface area (Å²) in [7, 11) is 0. The van der Waals surface area contributed by atoms with E-state index in [9.17, 15) is 4.79 Å². The fraction of sp³-hybridized carbons (Fsp3) is 0.667. The van der Waals surface area contributed by atoms with Gasteiger partial charge in [-0.3, -0.25) is 9.69 Å². The average Bonchev–Trinajstić information content (AvgIpc) is 3.08. The largest absolute Gasteiger partial charge is 0.314 e. The molecule has 2 saturated heterocycles. The van der Waals surface area contributed by atoms with Crippen LogP contribution in [-0.2, 0) is 6.54 Å². The summed E-state index contributed by atoms with van der Waals surface area (Å²) in [5.74, 6) is 0. The summed E-state index contributed by atoms with van der Waals surface area (Å²) < 4.78 is 1.82. The van der Waals surface area contributed by atoms with Gasteiger partial charge in [0.15, 0.2) is 0 Å². The van der Waals surface area contributed by atoms with Crippen LogP contribution >= 0.6 is 0 Å². The molecule has 19 heavy (non-hydrogen) atoms. The zero-order valence-corrected chi connectivity index (χ0v) is 11.4. The molecule has 0 saturated carbocycles. The molecule has 3 heterocycles. The van der Waals surface area contributed by atoms with Gasteiger partial charge >= 0.3 is 0 Å². The Kier molecular flexibility index (Phi) is 3.99. The first-order chi connectivity index (χ1) is 9.34. The van der Waals surface area contributed by atoms with Gasteiger partial charge in [-0.1, -0.05) is 6.07 Å². The maximum Gasteiger partial charge on any atom is 0.250 e. The fourth-order valence-electron chi connectivity index (χ4n) is 3.51. The minimum atomic E-state index is 0.109. The molecular weight excluding hydrogens is 238 g/mol. The Hall–Kier alpha value is -1.13. The van der Waals surface area contributed by atoms with E-state index >= 15 is 0 Å². The predicted molar refractivity (Wildman–Crippen MR) is 76.3 cm³/mol. The van der Waals surface area contributed by atoms with Crippen LogP contribution in [0.1, 0.15) is 25.7 Å². The van der Waals surface area contributed by atoms with E-state index in [0.29, 0.717) is 12.1 Å². The third-order valence-electron chi connectivity index (χ3n) is 4.50. The zero-order valence-electron chi connectivity index (χ0n) is 11.4. The molecule has 104 valence electrons. The van der Waals surface area contributed by atoms with Gasteiger partial charge in [-0.05, 0) is 44.8 Å². The van der Waals surface area contributed by atoms with E-state index in [4.69, 9.17) is 0 Å². The van der Waals surface area contributed by atoms with Crippen LogP contribution in [0.4, 0.5) is 0 Å². The van der Waals surface area contributed by atoms with Crippen LogP contribution in [0.3, 0.4) is 0 Å². The highest BCUT2D eigenvalue weighted by Crippen LogP contribution is 2.24. The lowest BCUT2D eigenvalue weighted by Gasteiger charge is -2.29. The maximum absolute atomic E-state index is 11.7. The summed E-state index contributed by atoms with van der Waals surface area (Å²) in [5.41, 5.74) is 0.109. The third kappa shape index (κ3) is 2.90. The molecule has 0 aromatic carbocycles. The minimum absolute atomic E-state index is 0.109. The van der Waals surface area contributed by atoms with Crippen LogP contribution in [0, 0.1) is 0 Å². The van der Waals surface area contributed by atoms with Crippen molar-refractivity contribution in [3.8, 4) is 0 Å². The van der Waals surface area contributed by atoms with Gasteiger partial charge in [0.1, 0.15) is 0 Å². The van der Waals surface area contributed by atoms with Crippen molar-refractivity contribution < 1.29 is 0 Å². The Balaban J connectivity index is 1.59. The highest BCUT2D eigenvalue weighted by atomic mass is 16.1. The van der Waals surface area contributed by atoms with Crippen molar-refractivity contribution in [3.05, 3.63) is 34.7 Å². The van der Waals surface area contributed by atoms with Crippen LogP contribution in [-0.4, -0.2) is 41.2 Å². The average molecular weight is 261 g/mol. The topological polar surface area (TPSA) is 37.3 Å². The van der Waals surface area contributed by atoms with Crippen molar-refractivity contribution in [3.63, 3.8) is 0 Å². The van der Waals surface area contributed by atoms with Gasteiger partial charge < -0.3 is 9.88 Å². The molecule has 0 aliphatic carbocycles. The fourth-order valence-corrected chi connectivity index (χ4v) is 3.51. The first-order valence-corrected chi connectivity index (χ1v) is 7.47. The van der Waals surface area contributed by atoms with Gasteiger partial charge in [-0.25, -0.2) is 0 Å². The number of nitrogens with zero attached hydrogens (tertiary/aromatic N) is 2. The van der Waals surface area contributed by atoms with Gasteiger partial charge in [-0.15, -0.1) is 0 Å². The number of likely N-dealkylation sites (tertiary alicyclic amines) is 1. The van der Waals surface area contributed by atoms with Crippen molar-refractivity contribution in [1.29, 1.82) is 0 Å². The van der Waals surface area contributed by atoms with Crippen molar-refractivity contribution in [1.82, 2.24) is 14.8 Å².